The van der Waals surface area contributed by atoms with Crippen LogP contribution in [-0.2, 0) is 0 Å². The Morgan fingerprint density at radius 2 is 2.00 bits per heavy atom. The molecule has 0 aromatic heterocycles. The van der Waals surface area contributed by atoms with Gasteiger partial charge in [0.05, 0.1) is 6.07 Å². The lowest BCUT2D eigenvalue weighted by atomic mass is 9.98. The maximum Gasteiger partial charge on any atom is 0.0656 e. The molecule has 0 aliphatic carbocycles. The Hall–Kier alpha value is -0.590. The molecule has 0 bridgehead atoms. The summed E-state index contributed by atoms with van der Waals surface area (Å²) in [6.45, 7) is 4.47. The highest BCUT2D eigenvalue weighted by Crippen LogP contribution is 2.05. The third-order valence-corrected chi connectivity index (χ3v) is 1.43. The summed E-state index contributed by atoms with van der Waals surface area (Å²) in [5.74, 6) is 0.431. The SMILES string of the molecule is C[C@@H](C#N)[C@@H](C)CN.O. The first-order chi connectivity index (χ1) is 3.72. The summed E-state index contributed by atoms with van der Waals surface area (Å²) in [4.78, 5) is 0. The van der Waals surface area contributed by atoms with Gasteiger partial charge in [-0.1, -0.05) is 6.92 Å². The Labute approximate surface area is 55.8 Å². The van der Waals surface area contributed by atoms with E-state index in [1.165, 1.54) is 0 Å². The number of nitriles is 1. The van der Waals surface area contributed by atoms with E-state index in [0.29, 0.717) is 12.5 Å². The van der Waals surface area contributed by atoms with Gasteiger partial charge in [0.15, 0.2) is 0 Å². The highest BCUT2D eigenvalue weighted by atomic mass is 16.0. The van der Waals surface area contributed by atoms with Crippen LogP contribution in [0.15, 0.2) is 0 Å². The van der Waals surface area contributed by atoms with Crippen molar-refractivity contribution in [2.24, 2.45) is 17.6 Å². The standard InChI is InChI=1S/C6H12N2.H2O/c1-5(3-7)6(2)4-8;/h5-6H,3,7H2,1-2H3;1H2/t5-,6-;/m0./s1. The predicted octanol–water partition coefficient (Wildman–Crippen LogP) is -0.0838. The average molecular weight is 130 g/mol. The minimum Gasteiger partial charge on any atom is -0.412 e. The van der Waals surface area contributed by atoms with E-state index < -0.39 is 0 Å². The second-order valence-electron chi connectivity index (χ2n) is 2.13. The maximum atomic E-state index is 8.33. The molecule has 0 amide bonds. The Balaban J connectivity index is 0. The normalized spacial score (nSPS) is 14.9. The lowest BCUT2D eigenvalue weighted by molar-refractivity contribution is 0.480. The first kappa shape index (κ1) is 11.2. The number of hydrogen-bond acceptors (Lipinski definition) is 2. The van der Waals surface area contributed by atoms with Crippen molar-refractivity contribution in [3.63, 3.8) is 0 Å². The van der Waals surface area contributed by atoms with Crippen molar-refractivity contribution >= 4 is 0 Å². The quantitative estimate of drug-likeness (QED) is 0.567. The van der Waals surface area contributed by atoms with Crippen LogP contribution in [-0.4, -0.2) is 12.0 Å². The van der Waals surface area contributed by atoms with Gasteiger partial charge in [-0.25, -0.2) is 0 Å². The van der Waals surface area contributed by atoms with Gasteiger partial charge in [-0.3, -0.25) is 0 Å². The fraction of sp³-hybridized carbons (Fsp3) is 0.833. The van der Waals surface area contributed by atoms with E-state index in [-0.39, 0.29) is 11.4 Å². The van der Waals surface area contributed by atoms with E-state index in [1.807, 2.05) is 13.8 Å². The number of rotatable bonds is 2. The molecule has 0 heterocycles. The minimum atomic E-state index is 0. The van der Waals surface area contributed by atoms with Crippen molar-refractivity contribution in [2.45, 2.75) is 13.8 Å². The minimum absolute atomic E-state index is 0. The van der Waals surface area contributed by atoms with Gasteiger partial charge in [0.1, 0.15) is 0 Å². The topological polar surface area (TPSA) is 81.3 Å². The zero-order valence-electron chi connectivity index (χ0n) is 5.89. The molecule has 54 valence electrons. The lowest BCUT2D eigenvalue weighted by Gasteiger charge is -2.07. The zero-order valence-corrected chi connectivity index (χ0v) is 5.89. The van der Waals surface area contributed by atoms with E-state index in [1.54, 1.807) is 0 Å². The van der Waals surface area contributed by atoms with Crippen molar-refractivity contribution in [1.82, 2.24) is 0 Å². The van der Waals surface area contributed by atoms with Crippen LogP contribution in [0, 0.1) is 23.2 Å². The largest absolute Gasteiger partial charge is 0.412 e. The summed E-state index contributed by atoms with van der Waals surface area (Å²) >= 11 is 0. The molecule has 0 aromatic carbocycles. The molecule has 0 spiro atoms. The lowest BCUT2D eigenvalue weighted by Crippen LogP contribution is -2.16. The van der Waals surface area contributed by atoms with Crippen molar-refractivity contribution < 1.29 is 5.48 Å². The molecule has 0 fully saturated rings. The smallest absolute Gasteiger partial charge is 0.0656 e. The Morgan fingerprint density at radius 3 is 2.11 bits per heavy atom. The summed E-state index contributed by atoms with van der Waals surface area (Å²) in [7, 11) is 0. The van der Waals surface area contributed by atoms with Gasteiger partial charge in [0.2, 0.25) is 0 Å². The monoisotopic (exact) mass is 130 g/mol. The van der Waals surface area contributed by atoms with Gasteiger partial charge in [0.25, 0.3) is 0 Å². The molecule has 0 aliphatic rings. The van der Waals surface area contributed by atoms with E-state index in [4.69, 9.17) is 11.0 Å². The van der Waals surface area contributed by atoms with E-state index >= 15 is 0 Å². The summed E-state index contributed by atoms with van der Waals surface area (Å²) in [5.41, 5.74) is 5.30. The Bertz CT molecular complexity index is 97.7. The second kappa shape index (κ2) is 5.54. The van der Waals surface area contributed by atoms with E-state index in [0.717, 1.165) is 0 Å². The molecule has 2 atom stereocenters. The molecule has 3 nitrogen and oxygen atoms in total. The van der Waals surface area contributed by atoms with Crippen LogP contribution in [0.25, 0.3) is 0 Å². The molecule has 0 saturated heterocycles. The van der Waals surface area contributed by atoms with Gasteiger partial charge in [-0.15, -0.1) is 0 Å². The molecule has 9 heavy (non-hydrogen) atoms. The molecule has 4 N–H and O–H groups in total. The molecule has 0 saturated carbocycles. The van der Waals surface area contributed by atoms with Gasteiger partial charge in [-0.05, 0) is 19.4 Å². The van der Waals surface area contributed by atoms with Crippen LogP contribution in [0.4, 0.5) is 0 Å². The summed E-state index contributed by atoms with van der Waals surface area (Å²) < 4.78 is 0. The number of nitrogens with zero attached hydrogens (tertiary/aromatic N) is 1. The maximum absolute atomic E-state index is 8.33. The summed E-state index contributed by atoms with van der Waals surface area (Å²) in [5, 5.41) is 8.33. The van der Waals surface area contributed by atoms with Crippen LogP contribution in [0.1, 0.15) is 13.8 Å². The van der Waals surface area contributed by atoms with E-state index in [9.17, 15) is 0 Å². The van der Waals surface area contributed by atoms with Crippen molar-refractivity contribution in [2.75, 3.05) is 6.54 Å². The van der Waals surface area contributed by atoms with Crippen LogP contribution < -0.4 is 5.73 Å². The van der Waals surface area contributed by atoms with E-state index in [2.05, 4.69) is 6.07 Å². The average Bonchev–Trinajstić information content (AvgIpc) is 1.84. The predicted molar refractivity (Wildman–Crippen MR) is 36.6 cm³/mol. The Morgan fingerprint density at radius 1 is 1.56 bits per heavy atom. The van der Waals surface area contributed by atoms with Gasteiger partial charge in [-0.2, -0.15) is 5.26 Å². The molecular formula is C6H14N2O. The van der Waals surface area contributed by atoms with Crippen LogP contribution in [0.2, 0.25) is 0 Å². The first-order valence-corrected chi connectivity index (χ1v) is 2.82. The first-order valence-electron chi connectivity index (χ1n) is 2.82. The van der Waals surface area contributed by atoms with Crippen LogP contribution >= 0.6 is 0 Å². The van der Waals surface area contributed by atoms with Crippen molar-refractivity contribution in [1.29, 1.82) is 5.26 Å². The molecule has 0 rings (SSSR count). The molecule has 0 aliphatic heterocycles. The second-order valence-corrected chi connectivity index (χ2v) is 2.13. The highest BCUT2D eigenvalue weighted by molar-refractivity contribution is 4.82. The number of hydrogen-bond donors (Lipinski definition) is 1. The Kier molecular flexibility index (Phi) is 6.92. The summed E-state index contributed by atoms with van der Waals surface area (Å²) in [6.07, 6.45) is 0. The zero-order chi connectivity index (χ0) is 6.57. The highest BCUT2D eigenvalue weighted by Gasteiger charge is 2.07. The van der Waals surface area contributed by atoms with Gasteiger partial charge >= 0.3 is 0 Å². The molecule has 3 heteroatoms. The van der Waals surface area contributed by atoms with Crippen LogP contribution in [0.5, 0.6) is 0 Å². The van der Waals surface area contributed by atoms with Crippen molar-refractivity contribution in [3.05, 3.63) is 0 Å². The van der Waals surface area contributed by atoms with Gasteiger partial charge in [0, 0.05) is 5.92 Å². The van der Waals surface area contributed by atoms with Crippen molar-refractivity contribution in [3.8, 4) is 6.07 Å². The van der Waals surface area contributed by atoms with Gasteiger partial charge < -0.3 is 11.2 Å². The molecule has 0 unspecified atom stereocenters. The fourth-order valence-corrected chi connectivity index (χ4v) is 0.331. The fourth-order valence-electron chi connectivity index (χ4n) is 0.331. The third kappa shape index (κ3) is 3.95. The summed E-state index contributed by atoms with van der Waals surface area (Å²) in [6, 6.07) is 2.14. The number of nitrogens with two attached hydrogens (primary N) is 1. The molecule has 0 radical (unpaired) electrons. The third-order valence-electron chi connectivity index (χ3n) is 1.43. The molecule has 0 aromatic rings. The van der Waals surface area contributed by atoms with Crippen LogP contribution in [0.3, 0.4) is 0 Å². The molecular weight excluding hydrogens is 116 g/mol.